The van der Waals surface area contributed by atoms with E-state index < -0.39 is 60.4 Å². The normalized spacial score (nSPS) is 14.8. The third-order valence-electron chi connectivity index (χ3n) is 4.60. The number of guanidine groups is 1. The number of aliphatic imine (C=N–C) groups is 1. The molecule has 0 aliphatic rings. The lowest BCUT2D eigenvalue weighted by Gasteiger charge is -2.27. The van der Waals surface area contributed by atoms with Gasteiger partial charge in [-0.25, -0.2) is 4.79 Å². The van der Waals surface area contributed by atoms with Gasteiger partial charge in [-0.2, -0.15) is 0 Å². The van der Waals surface area contributed by atoms with Crippen molar-refractivity contribution in [1.29, 1.82) is 0 Å². The Morgan fingerprint density at radius 3 is 1.84 bits per heavy atom. The van der Waals surface area contributed by atoms with Crippen molar-refractivity contribution in [1.82, 2.24) is 16.0 Å². The highest BCUT2D eigenvalue weighted by atomic mass is 16.4. The van der Waals surface area contributed by atoms with Gasteiger partial charge in [-0.1, -0.05) is 27.7 Å². The summed E-state index contributed by atoms with van der Waals surface area (Å²) in [4.78, 5) is 52.5. The van der Waals surface area contributed by atoms with Crippen molar-refractivity contribution in [3.63, 3.8) is 0 Å². The fourth-order valence-electron chi connectivity index (χ4n) is 2.67. The second kappa shape index (κ2) is 14.2. The standard InChI is InChI=1S/C19H37N7O6/c1-9(2)13(17(30)26-14(10(3)4)18(31)32)25-16(29)12(8-27)24-15(28)11(20)6-5-7-23-19(21)22/h9-14,27H,5-8,20H2,1-4H3,(H,24,28)(H,25,29)(H,26,30)(H,31,32)(H4,21,22,23). The maximum atomic E-state index is 12.6. The highest BCUT2D eigenvalue weighted by Crippen LogP contribution is 2.07. The molecule has 4 atom stereocenters. The summed E-state index contributed by atoms with van der Waals surface area (Å²) in [7, 11) is 0. The Balaban J connectivity index is 5.04. The van der Waals surface area contributed by atoms with Gasteiger partial charge in [0.1, 0.15) is 18.1 Å². The number of hydrogen-bond donors (Lipinski definition) is 8. The first-order valence-corrected chi connectivity index (χ1v) is 10.4. The molecule has 0 saturated carbocycles. The topological polar surface area (TPSA) is 235 Å². The molecule has 11 N–H and O–H groups in total. The van der Waals surface area contributed by atoms with Crippen LogP contribution in [0, 0.1) is 11.8 Å². The largest absolute Gasteiger partial charge is 0.480 e. The van der Waals surface area contributed by atoms with E-state index in [1.165, 1.54) is 0 Å². The van der Waals surface area contributed by atoms with E-state index in [9.17, 15) is 29.4 Å². The van der Waals surface area contributed by atoms with Crippen molar-refractivity contribution in [3.8, 4) is 0 Å². The molecule has 3 amide bonds. The Labute approximate surface area is 187 Å². The van der Waals surface area contributed by atoms with E-state index in [1.54, 1.807) is 27.7 Å². The first-order chi connectivity index (χ1) is 14.8. The molecular weight excluding hydrogens is 422 g/mol. The highest BCUT2D eigenvalue weighted by Gasteiger charge is 2.32. The van der Waals surface area contributed by atoms with E-state index in [4.69, 9.17) is 17.2 Å². The van der Waals surface area contributed by atoms with Gasteiger partial charge in [-0.05, 0) is 24.7 Å². The lowest BCUT2D eigenvalue weighted by Crippen LogP contribution is -2.59. The number of aliphatic hydroxyl groups is 1. The molecule has 0 fully saturated rings. The molecule has 0 saturated heterocycles. The molecule has 13 nitrogen and oxygen atoms in total. The summed E-state index contributed by atoms with van der Waals surface area (Å²) in [6.45, 7) is 6.16. The SMILES string of the molecule is CC(C)C(NC(=O)C(NC(=O)C(CO)NC(=O)C(N)CCCN=C(N)N)C(C)C)C(=O)O. The van der Waals surface area contributed by atoms with Crippen LogP contribution in [-0.2, 0) is 19.2 Å². The van der Waals surface area contributed by atoms with Gasteiger partial charge < -0.3 is 43.4 Å². The number of carbonyl (C=O) groups excluding carboxylic acids is 3. The highest BCUT2D eigenvalue weighted by molar-refractivity contribution is 5.94. The Morgan fingerprint density at radius 1 is 0.875 bits per heavy atom. The number of rotatable bonds is 14. The molecule has 0 heterocycles. The van der Waals surface area contributed by atoms with Crippen LogP contribution in [0.5, 0.6) is 0 Å². The van der Waals surface area contributed by atoms with Crippen LogP contribution in [0.15, 0.2) is 4.99 Å². The smallest absolute Gasteiger partial charge is 0.326 e. The Kier molecular flexibility index (Phi) is 12.9. The van der Waals surface area contributed by atoms with Crippen LogP contribution in [0.2, 0.25) is 0 Å². The van der Waals surface area contributed by atoms with E-state index in [2.05, 4.69) is 20.9 Å². The molecule has 0 aliphatic heterocycles. The second-order valence-electron chi connectivity index (χ2n) is 8.10. The molecule has 184 valence electrons. The first-order valence-electron chi connectivity index (χ1n) is 10.4. The van der Waals surface area contributed by atoms with Crippen LogP contribution in [-0.4, -0.2) is 77.2 Å². The van der Waals surface area contributed by atoms with Crippen molar-refractivity contribution in [3.05, 3.63) is 0 Å². The summed E-state index contributed by atoms with van der Waals surface area (Å²) in [5.74, 6) is -4.21. The molecular formula is C19H37N7O6. The monoisotopic (exact) mass is 459 g/mol. The summed E-state index contributed by atoms with van der Waals surface area (Å²) in [6.07, 6.45) is 0.670. The third kappa shape index (κ3) is 10.4. The van der Waals surface area contributed by atoms with E-state index in [1.807, 2.05) is 0 Å². The average molecular weight is 460 g/mol. The summed E-state index contributed by atoms with van der Waals surface area (Å²) in [5.41, 5.74) is 16.2. The number of amides is 3. The van der Waals surface area contributed by atoms with Crippen molar-refractivity contribution in [2.24, 2.45) is 34.0 Å². The van der Waals surface area contributed by atoms with Crippen molar-refractivity contribution >= 4 is 29.7 Å². The predicted octanol–water partition coefficient (Wildman–Crippen LogP) is -2.79. The lowest BCUT2D eigenvalue weighted by molar-refractivity contribution is -0.144. The van der Waals surface area contributed by atoms with Gasteiger partial charge in [0, 0.05) is 6.54 Å². The van der Waals surface area contributed by atoms with E-state index >= 15 is 0 Å². The van der Waals surface area contributed by atoms with E-state index in [0.717, 1.165) is 0 Å². The van der Waals surface area contributed by atoms with Gasteiger partial charge >= 0.3 is 5.97 Å². The van der Waals surface area contributed by atoms with Gasteiger partial charge in [0.25, 0.3) is 0 Å². The van der Waals surface area contributed by atoms with Gasteiger partial charge in [0.2, 0.25) is 17.7 Å². The van der Waals surface area contributed by atoms with Gasteiger partial charge in [-0.3, -0.25) is 19.4 Å². The number of aliphatic carboxylic acids is 1. The number of aliphatic hydroxyl groups excluding tert-OH is 1. The molecule has 0 bridgehead atoms. The zero-order valence-corrected chi connectivity index (χ0v) is 19.0. The molecule has 0 aromatic carbocycles. The summed E-state index contributed by atoms with van der Waals surface area (Å²) in [5, 5.41) is 26.0. The number of nitrogens with one attached hydrogen (secondary N) is 3. The molecule has 0 aliphatic carbocycles. The third-order valence-corrected chi connectivity index (χ3v) is 4.60. The minimum Gasteiger partial charge on any atom is -0.480 e. The minimum absolute atomic E-state index is 0.0770. The average Bonchev–Trinajstić information content (AvgIpc) is 2.69. The molecule has 13 heteroatoms. The molecule has 0 radical (unpaired) electrons. The molecule has 0 rings (SSSR count). The fourth-order valence-corrected chi connectivity index (χ4v) is 2.67. The fraction of sp³-hybridized carbons (Fsp3) is 0.737. The molecule has 0 aromatic heterocycles. The first kappa shape index (κ1) is 29.1. The van der Waals surface area contributed by atoms with E-state index in [0.29, 0.717) is 6.42 Å². The minimum atomic E-state index is -1.35. The van der Waals surface area contributed by atoms with Gasteiger partial charge in [-0.15, -0.1) is 0 Å². The van der Waals surface area contributed by atoms with Crippen LogP contribution in [0.4, 0.5) is 0 Å². The van der Waals surface area contributed by atoms with Gasteiger partial charge in [0.15, 0.2) is 5.96 Å². The van der Waals surface area contributed by atoms with Crippen molar-refractivity contribution in [2.45, 2.75) is 64.7 Å². The molecule has 4 unspecified atom stereocenters. The van der Waals surface area contributed by atoms with Crippen molar-refractivity contribution in [2.75, 3.05) is 13.2 Å². The summed E-state index contributed by atoms with van der Waals surface area (Å²) < 4.78 is 0. The molecule has 0 spiro atoms. The predicted molar refractivity (Wildman–Crippen MR) is 118 cm³/mol. The van der Waals surface area contributed by atoms with Crippen LogP contribution in [0.25, 0.3) is 0 Å². The maximum absolute atomic E-state index is 12.6. The van der Waals surface area contributed by atoms with Crippen LogP contribution >= 0.6 is 0 Å². The zero-order chi connectivity index (χ0) is 25.0. The Bertz CT molecular complexity index is 679. The quantitative estimate of drug-likeness (QED) is 0.0760. The van der Waals surface area contributed by atoms with Crippen LogP contribution < -0.4 is 33.2 Å². The van der Waals surface area contributed by atoms with Crippen LogP contribution in [0.3, 0.4) is 0 Å². The zero-order valence-electron chi connectivity index (χ0n) is 19.0. The molecule has 0 aromatic rings. The number of nitrogens with two attached hydrogens (primary N) is 3. The maximum Gasteiger partial charge on any atom is 0.326 e. The Morgan fingerprint density at radius 2 is 1.41 bits per heavy atom. The summed E-state index contributed by atoms with van der Waals surface area (Å²) >= 11 is 0. The van der Waals surface area contributed by atoms with Crippen LogP contribution in [0.1, 0.15) is 40.5 Å². The number of hydrogen-bond acceptors (Lipinski definition) is 7. The molecule has 32 heavy (non-hydrogen) atoms. The second-order valence-corrected chi connectivity index (χ2v) is 8.10. The Hall–Kier alpha value is -2.93. The van der Waals surface area contributed by atoms with E-state index in [-0.39, 0.29) is 24.8 Å². The number of carboxylic acids is 1. The number of carboxylic acid groups (broad SMARTS) is 1. The summed E-state index contributed by atoms with van der Waals surface area (Å²) in [6, 6.07) is -4.52. The number of nitrogens with zero attached hydrogens (tertiary/aromatic N) is 1. The number of carbonyl (C=O) groups is 4. The van der Waals surface area contributed by atoms with Gasteiger partial charge in [0.05, 0.1) is 12.6 Å². The lowest BCUT2D eigenvalue weighted by atomic mass is 10.00. The van der Waals surface area contributed by atoms with Crippen molar-refractivity contribution < 1.29 is 29.4 Å².